The largest absolute Gasteiger partial charge is 0.461 e. The number of nitrogens with one attached hydrogen (secondary N) is 1. The van der Waals surface area contributed by atoms with Crippen LogP contribution in [0.25, 0.3) is 0 Å². The minimum Gasteiger partial charge on any atom is -0.461 e. The highest BCUT2D eigenvalue weighted by Gasteiger charge is 2.09. The number of ether oxygens (including phenoxy) is 1. The lowest BCUT2D eigenvalue weighted by Crippen LogP contribution is -2.11. The first kappa shape index (κ1) is 14.3. The van der Waals surface area contributed by atoms with E-state index in [-0.39, 0.29) is 24.0 Å². The summed E-state index contributed by atoms with van der Waals surface area (Å²) in [5, 5.41) is 3.10. The number of benzene rings is 1. The molecule has 106 valence electrons. The second-order valence-electron chi connectivity index (χ2n) is 4.22. The molecule has 0 aliphatic heterocycles. The molecule has 0 unspecified atom stereocenters. The lowest BCUT2D eigenvalue weighted by Gasteiger charge is -2.10. The molecule has 0 spiro atoms. The maximum absolute atomic E-state index is 13.2. The third kappa shape index (κ3) is 3.67. The number of nitrogen functional groups attached to an aromatic ring is 1. The molecule has 8 heteroatoms. The van der Waals surface area contributed by atoms with Crippen LogP contribution in [0.5, 0.6) is 6.01 Å². The van der Waals surface area contributed by atoms with Gasteiger partial charge in [-0.3, -0.25) is 0 Å². The van der Waals surface area contributed by atoms with Crippen molar-refractivity contribution >= 4 is 29.2 Å². The number of hydrogen-bond donors (Lipinski definition) is 2. The van der Waals surface area contributed by atoms with Crippen molar-refractivity contribution in [1.82, 2.24) is 15.0 Å². The topological polar surface area (TPSA) is 86.0 Å². The van der Waals surface area contributed by atoms with Crippen molar-refractivity contribution in [2.24, 2.45) is 0 Å². The Morgan fingerprint density at radius 1 is 1.30 bits per heavy atom. The van der Waals surface area contributed by atoms with Gasteiger partial charge in [0.1, 0.15) is 5.82 Å². The van der Waals surface area contributed by atoms with E-state index < -0.39 is 5.82 Å². The minimum absolute atomic E-state index is 0.00863. The van der Waals surface area contributed by atoms with Crippen molar-refractivity contribution in [3.8, 4) is 6.01 Å². The zero-order chi connectivity index (χ0) is 14.7. The first-order valence-corrected chi connectivity index (χ1v) is 6.22. The Balaban J connectivity index is 2.28. The molecule has 0 atom stereocenters. The van der Waals surface area contributed by atoms with Gasteiger partial charge < -0.3 is 15.8 Å². The number of anilines is 3. The molecule has 0 aliphatic rings. The SMILES string of the molecule is CC(C)Oc1nc(N)nc(Nc2cc(F)ccc2Cl)n1. The monoisotopic (exact) mass is 297 g/mol. The van der Waals surface area contributed by atoms with Crippen LogP contribution in [0.2, 0.25) is 5.02 Å². The molecular formula is C12H13ClFN5O. The number of nitrogens with two attached hydrogens (primary N) is 1. The molecule has 0 saturated heterocycles. The lowest BCUT2D eigenvalue weighted by molar-refractivity contribution is 0.222. The molecule has 0 amide bonds. The van der Waals surface area contributed by atoms with E-state index in [1.165, 1.54) is 18.2 Å². The molecule has 0 bridgehead atoms. The van der Waals surface area contributed by atoms with Gasteiger partial charge in [-0.15, -0.1) is 0 Å². The molecule has 20 heavy (non-hydrogen) atoms. The maximum atomic E-state index is 13.2. The van der Waals surface area contributed by atoms with E-state index in [0.29, 0.717) is 10.7 Å². The van der Waals surface area contributed by atoms with E-state index in [0.717, 1.165) is 0 Å². The number of aromatic nitrogens is 3. The molecule has 6 nitrogen and oxygen atoms in total. The normalized spacial score (nSPS) is 10.7. The van der Waals surface area contributed by atoms with Gasteiger partial charge >= 0.3 is 6.01 Å². The van der Waals surface area contributed by atoms with E-state index in [1.54, 1.807) is 0 Å². The van der Waals surface area contributed by atoms with Gasteiger partial charge in [-0.2, -0.15) is 15.0 Å². The second kappa shape index (κ2) is 5.87. The smallest absolute Gasteiger partial charge is 0.323 e. The van der Waals surface area contributed by atoms with Crippen LogP contribution in [0, 0.1) is 5.82 Å². The standard InChI is InChI=1S/C12H13ClFN5O/c1-6(2)20-12-18-10(15)17-11(19-12)16-9-5-7(14)3-4-8(9)13/h3-6H,1-2H3,(H3,15,16,17,18,19). The van der Waals surface area contributed by atoms with Crippen molar-refractivity contribution in [2.75, 3.05) is 11.1 Å². The summed E-state index contributed by atoms with van der Waals surface area (Å²) in [4.78, 5) is 11.8. The van der Waals surface area contributed by atoms with Crippen LogP contribution < -0.4 is 15.8 Å². The first-order valence-electron chi connectivity index (χ1n) is 5.84. The second-order valence-corrected chi connectivity index (χ2v) is 4.62. The molecular weight excluding hydrogens is 285 g/mol. The molecule has 0 fully saturated rings. The summed E-state index contributed by atoms with van der Waals surface area (Å²) in [6.45, 7) is 3.66. The van der Waals surface area contributed by atoms with Gasteiger partial charge in [-0.1, -0.05) is 11.6 Å². The van der Waals surface area contributed by atoms with Gasteiger partial charge in [0.25, 0.3) is 0 Å². The van der Waals surface area contributed by atoms with E-state index in [9.17, 15) is 4.39 Å². The fourth-order valence-corrected chi connectivity index (χ4v) is 1.57. The number of halogens is 2. The van der Waals surface area contributed by atoms with Crippen molar-refractivity contribution in [3.05, 3.63) is 29.0 Å². The molecule has 2 aromatic rings. The summed E-state index contributed by atoms with van der Waals surface area (Å²) >= 11 is 5.95. The third-order valence-electron chi connectivity index (χ3n) is 2.15. The van der Waals surface area contributed by atoms with Crippen LogP contribution in [0.15, 0.2) is 18.2 Å². The first-order chi connectivity index (χ1) is 9.44. The fourth-order valence-electron chi connectivity index (χ4n) is 1.41. The minimum atomic E-state index is -0.433. The van der Waals surface area contributed by atoms with Crippen LogP contribution in [0.1, 0.15) is 13.8 Å². The molecule has 1 heterocycles. The zero-order valence-electron chi connectivity index (χ0n) is 10.9. The van der Waals surface area contributed by atoms with E-state index in [1.807, 2.05) is 13.8 Å². The quantitative estimate of drug-likeness (QED) is 0.902. The summed E-state index contributed by atoms with van der Waals surface area (Å²) in [6, 6.07) is 3.99. The lowest BCUT2D eigenvalue weighted by atomic mass is 10.3. The summed E-state index contributed by atoms with van der Waals surface area (Å²) in [6.07, 6.45) is -0.109. The van der Waals surface area contributed by atoms with Crippen LogP contribution >= 0.6 is 11.6 Å². The molecule has 0 saturated carbocycles. The number of rotatable bonds is 4. The summed E-state index contributed by atoms with van der Waals surface area (Å²) in [7, 11) is 0. The van der Waals surface area contributed by atoms with Gasteiger partial charge in [0.15, 0.2) is 0 Å². The molecule has 1 aromatic carbocycles. The average Bonchev–Trinajstić information content (AvgIpc) is 2.32. The van der Waals surface area contributed by atoms with Crippen LogP contribution in [0.4, 0.5) is 22.0 Å². The fraction of sp³-hybridized carbons (Fsp3) is 0.250. The average molecular weight is 298 g/mol. The predicted molar refractivity (Wildman–Crippen MR) is 74.7 cm³/mol. The Morgan fingerprint density at radius 2 is 2.05 bits per heavy atom. The highest BCUT2D eigenvalue weighted by atomic mass is 35.5. The van der Waals surface area contributed by atoms with Gasteiger partial charge in [-0.05, 0) is 32.0 Å². The molecule has 2 rings (SSSR count). The van der Waals surface area contributed by atoms with Crippen molar-refractivity contribution in [1.29, 1.82) is 0 Å². The Morgan fingerprint density at radius 3 is 2.75 bits per heavy atom. The van der Waals surface area contributed by atoms with Gasteiger partial charge in [0, 0.05) is 0 Å². The Hall–Kier alpha value is -2.15. The van der Waals surface area contributed by atoms with E-state index >= 15 is 0 Å². The zero-order valence-corrected chi connectivity index (χ0v) is 11.6. The van der Waals surface area contributed by atoms with E-state index in [2.05, 4.69) is 20.3 Å². The third-order valence-corrected chi connectivity index (χ3v) is 2.48. The van der Waals surface area contributed by atoms with Crippen molar-refractivity contribution < 1.29 is 9.13 Å². The van der Waals surface area contributed by atoms with Gasteiger partial charge in [-0.25, -0.2) is 4.39 Å². The Labute approximate surface area is 120 Å². The molecule has 1 aromatic heterocycles. The predicted octanol–water partition coefficient (Wildman–Crippen LogP) is 2.78. The highest BCUT2D eigenvalue weighted by Crippen LogP contribution is 2.25. The van der Waals surface area contributed by atoms with Gasteiger partial charge in [0.05, 0.1) is 16.8 Å². The summed E-state index contributed by atoms with van der Waals surface area (Å²) in [5.41, 5.74) is 5.89. The Kier molecular flexibility index (Phi) is 4.19. The van der Waals surface area contributed by atoms with Crippen LogP contribution in [-0.4, -0.2) is 21.1 Å². The van der Waals surface area contributed by atoms with Crippen molar-refractivity contribution in [2.45, 2.75) is 20.0 Å². The number of hydrogen-bond acceptors (Lipinski definition) is 6. The summed E-state index contributed by atoms with van der Waals surface area (Å²) in [5.74, 6) is -0.316. The molecule has 3 N–H and O–H groups in total. The molecule has 0 radical (unpaired) electrons. The van der Waals surface area contributed by atoms with Crippen molar-refractivity contribution in [3.63, 3.8) is 0 Å². The van der Waals surface area contributed by atoms with Crippen LogP contribution in [-0.2, 0) is 0 Å². The number of nitrogens with zero attached hydrogens (tertiary/aromatic N) is 3. The summed E-state index contributed by atoms with van der Waals surface area (Å²) < 4.78 is 18.5. The molecule has 0 aliphatic carbocycles. The maximum Gasteiger partial charge on any atom is 0.323 e. The Bertz CT molecular complexity index is 623. The highest BCUT2D eigenvalue weighted by molar-refractivity contribution is 6.33. The van der Waals surface area contributed by atoms with E-state index in [4.69, 9.17) is 22.1 Å². The van der Waals surface area contributed by atoms with Crippen LogP contribution in [0.3, 0.4) is 0 Å². The van der Waals surface area contributed by atoms with Gasteiger partial charge in [0.2, 0.25) is 11.9 Å².